The third kappa shape index (κ3) is 5.22. The average molecular weight is 393 g/mol. The van der Waals surface area contributed by atoms with E-state index >= 15 is 0 Å². The predicted molar refractivity (Wildman–Crippen MR) is 115 cm³/mol. The van der Waals surface area contributed by atoms with E-state index < -0.39 is 0 Å². The minimum atomic E-state index is 0.0485. The molecular formula is C23H28N4O2. The van der Waals surface area contributed by atoms with Crippen molar-refractivity contribution in [2.45, 2.75) is 0 Å². The molecule has 2 aromatic rings. The van der Waals surface area contributed by atoms with Crippen LogP contribution >= 0.6 is 0 Å². The van der Waals surface area contributed by atoms with E-state index in [0.717, 1.165) is 38.4 Å². The lowest BCUT2D eigenvalue weighted by Gasteiger charge is -2.35. The van der Waals surface area contributed by atoms with Crippen molar-refractivity contribution in [2.75, 3.05) is 63.9 Å². The molecule has 2 aliphatic rings. The molecule has 2 fully saturated rings. The number of amides is 1. The van der Waals surface area contributed by atoms with Crippen molar-refractivity contribution in [2.24, 2.45) is 0 Å². The highest BCUT2D eigenvalue weighted by Gasteiger charge is 2.21. The second-order valence-corrected chi connectivity index (χ2v) is 7.44. The second-order valence-electron chi connectivity index (χ2n) is 7.44. The number of aromatic nitrogens is 1. The molecule has 1 aromatic heterocycles. The monoisotopic (exact) mass is 392 g/mol. The first-order chi connectivity index (χ1) is 14.3. The average Bonchev–Trinajstić information content (AvgIpc) is 2.80. The molecule has 0 unspecified atom stereocenters. The Morgan fingerprint density at radius 1 is 1.00 bits per heavy atom. The molecule has 6 nitrogen and oxygen atoms in total. The van der Waals surface area contributed by atoms with Crippen LogP contribution in [0.1, 0.15) is 15.9 Å². The molecule has 3 heterocycles. The van der Waals surface area contributed by atoms with Gasteiger partial charge in [-0.15, -0.1) is 0 Å². The molecule has 0 saturated carbocycles. The molecule has 2 aliphatic heterocycles. The van der Waals surface area contributed by atoms with E-state index in [0.29, 0.717) is 31.9 Å². The summed E-state index contributed by atoms with van der Waals surface area (Å²) in [5, 5.41) is 0. The summed E-state index contributed by atoms with van der Waals surface area (Å²) in [7, 11) is 0. The Bertz CT molecular complexity index is 826. The summed E-state index contributed by atoms with van der Waals surface area (Å²) in [4.78, 5) is 23.7. The number of piperazine rings is 1. The third-order valence-corrected chi connectivity index (χ3v) is 5.48. The summed E-state index contributed by atoms with van der Waals surface area (Å²) in [6.07, 6.45) is 7.94. The quantitative estimate of drug-likeness (QED) is 0.782. The Labute approximate surface area is 172 Å². The van der Waals surface area contributed by atoms with Crippen molar-refractivity contribution in [1.82, 2.24) is 14.8 Å². The Hall–Kier alpha value is -2.70. The summed E-state index contributed by atoms with van der Waals surface area (Å²) >= 11 is 0. The number of rotatable bonds is 5. The summed E-state index contributed by atoms with van der Waals surface area (Å²) < 4.78 is 5.34. The van der Waals surface area contributed by atoms with Crippen molar-refractivity contribution in [3.8, 4) is 0 Å². The Balaban J connectivity index is 1.30. The van der Waals surface area contributed by atoms with Crippen LogP contribution in [0.3, 0.4) is 0 Å². The van der Waals surface area contributed by atoms with E-state index in [4.69, 9.17) is 4.74 Å². The highest BCUT2D eigenvalue weighted by atomic mass is 16.5. The number of hydrogen-bond acceptors (Lipinski definition) is 5. The Kier molecular flexibility index (Phi) is 6.54. The minimum absolute atomic E-state index is 0.0485. The molecule has 0 bridgehead atoms. The van der Waals surface area contributed by atoms with Crippen LogP contribution in [0.2, 0.25) is 0 Å². The standard InChI is InChI=1S/C23H28N4O2/c28-23(27-13-15-29-16-14-27)21-17-22(19-24-18-21)26-11-9-25(10-12-26)8-4-7-20-5-2-1-3-6-20/h1-7,17-19H,8-16H2/b7-4+. The zero-order chi connectivity index (χ0) is 19.9. The fourth-order valence-corrected chi connectivity index (χ4v) is 3.76. The highest BCUT2D eigenvalue weighted by Crippen LogP contribution is 2.18. The lowest BCUT2D eigenvalue weighted by atomic mass is 10.2. The van der Waals surface area contributed by atoms with Gasteiger partial charge in [0.15, 0.2) is 0 Å². The van der Waals surface area contributed by atoms with Crippen LogP contribution < -0.4 is 4.90 Å². The van der Waals surface area contributed by atoms with Crippen LogP contribution in [0.25, 0.3) is 6.08 Å². The minimum Gasteiger partial charge on any atom is -0.378 e. The Morgan fingerprint density at radius 2 is 1.76 bits per heavy atom. The summed E-state index contributed by atoms with van der Waals surface area (Å²) in [5.41, 5.74) is 2.93. The van der Waals surface area contributed by atoms with Gasteiger partial charge in [0, 0.05) is 52.0 Å². The molecule has 0 aliphatic carbocycles. The molecule has 29 heavy (non-hydrogen) atoms. The largest absolute Gasteiger partial charge is 0.378 e. The number of ether oxygens (including phenoxy) is 1. The van der Waals surface area contributed by atoms with Gasteiger partial charge in [-0.1, -0.05) is 42.5 Å². The molecule has 152 valence electrons. The summed E-state index contributed by atoms with van der Waals surface area (Å²) in [6, 6.07) is 12.4. The molecule has 0 radical (unpaired) electrons. The smallest absolute Gasteiger partial charge is 0.255 e. The third-order valence-electron chi connectivity index (χ3n) is 5.48. The van der Waals surface area contributed by atoms with E-state index in [1.165, 1.54) is 5.56 Å². The normalized spacial score (nSPS) is 18.3. The van der Waals surface area contributed by atoms with Gasteiger partial charge in [-0.3, -0.25) is 14.7 Å². The number of carbonyl (C=O) groups excluding carboxylic acids is 1. The van der Waals surface area contributed by atoms with Crippen LogP contribution in [0.5, 0.6) is 0 Å². The number of carbonyl (C=O) groups is 1. The molecular weight excluding hydrogens is 364 g/mol. The lowest BCUT2D eigenvalue weighted by Crippen LogP contribution is -2.46. The van der Waals surface area contributed by atoms with Crippen LogP contribution in [-0.2, 0) is 4.74 Å². The predicted octanol–water partition coefficient (Wildman–Crippen LogP) is 2.39. The highest BCUT2D eigenvalue weighted by molar-refractivity contribution is 5.94. The maximum absolute atomic E-state index is 12.7. The molecule has 6 heteroatoms. The molecule has 4 rings (SSSR count). The molecule has 2 saturated heterocycles. The van der Waals surface area contributed by atoms with Crippen LogP contribution in [0.4, 0.5) is 5.69 Å². The topological polar surface area (TPSA) is 48.9 Å². The summed E-state index contributed by atoms with van der Waals surface area (Å²) in [5.74, 6) is 0.0485. The maximum Gasteiger partial charge on any atom is 0.255 e. The van der Waals surface area contributed by atoms with Gasteiger partial charge in [0.25, 0.3) is 5.91 Å². The van der Waals surface area contributed by atoms with Crippen molar-refractivity contribution in [3.05, 3.63) is 66.0 Å². The Morgan fingerprint density at radius 3 is 2.52 bits per heavy atom. The van der Waals surface area contributed by atoms with E-state index in [-0.39, 0.29) is 5.91 Å². The first-order valence-electron chi connectivity index (χ1n) is 10.3. The second kappa shape index (κ2) is 9.67. The van der Waals surface area contributed by atoms with Crippen molar-refractivity contribution in [3.63, 3.8) is 0 Å². The zero-order valence-electron chi connectivity index (χ0n) is 16.7. The SMILES string of the molecule is O=C(c1cncc(N2CCN(C/C=C/c3ccccc3)CC2)c1)N1CCOCC1. The van der Waals surface area contributed by atoms with Crippen molar-refractivity contribution < 1.29 is 9.53 Å². The van der Waals surface area contributed by atoms with Crippen LogP contribution in [0.15, 0.2) is 54.9 Å². The maximum atomic E-state index is 12.7. The van der Waals surface area contributed by atoms with E-state index in [2.05, 4.69) is 51.2 Å². The van der Waals surface area contributed by atoms with Gasteiger partial charge in [-0.25, -0.2) is 0 Å². The number of hydrogen-bond donors (Lipinski definition) is 0. The van der Waals surface area contributed by atoms with E-state index in [9.17, 15) is 4.79 Å². The van der Waals surface area contributed by atoms with Crippen molar-refractivity contribution >= 4 is 17.7 Å². The van der Waals surface area contributed by atoms with Crippen LogP contribution in [0, 0.1) is 0 Å². The number of morpholine rings is 1. The van der Waals surface area contributed by atoms with Gasteiger partial charge in [0.1, 0.15) is 0 Å². The van der Waals surface area contributed by atoms with Gasteiger partial charge in [-0.2, -0.15) is 0 Å². The van der Waals surface area contributed by atoms with Crippen molar-refractivity contribution in [1.29, 1.82) is 0 Å². The molecule has 1 aromatic carbocycles. The molecule has 0 N–H and O–H groups in total. The number of nitrogens with zero attached hydrogens (tertiary/aromatic N) is 4. The van der Waals surface area contributed by atoms with Gasteiger partial charge < -0.3 is 14.5 Å². The van der Waals surface area contributed by atoms with Gasteiger partial charge in [-0.05, 0) is 11.6 Å². The lowest BCUT2D eigenvalue weighted by molar-refractivity contribution is 0.0302. The van der Waals surface area contributed by atoms with Gasteiger partial charge in [0.05, 0.1) is 30.7 Å². The fourth-order valence-electron chi connectivity index (χ4n) is 3.76. The molecule has 0 spiro atoms. The summed E-state index contributed by atoms with van der Waals surface area (Å²) in [6.45, 7) is 7.36. The first kappa shape index (κ1) is 19.6. The van der Waals surface area contributed by atoms with Crippen LogP contribution in [-0.4, -0.2) is 79.7 Å². The first-order valence-corrected chi connectivity index (χ1v) is 10.3. The number of anilines is 1. The molecule has 1 amide bonds. The van der Waals surface area contributed by atoms with Gasteiger partial charge >= 0.3 is 0 Å². The molecule has 0 atom stereocenters. The fraction of sp³-hybridized carbons (Fsp3) is 0.391. The number of pyridine rings is 1. The number of benzene rings is 1. The van der Waals surface area contributed by atoms with Gasteiger partial charge in [0.2, 0.25) is 0 Å². The van der Waals surface area contributed by atoms with E-state index in [1.54, 1.807) is 6.20 Å². The zero-order valence-corrected chi connectivity index (χ0v) is 16.7. The van der Waals surface area contributed by atoms with E-state index in [1.807, 2.05) is 23.2 Å².